The van der Waals surface area contributed by atoms with Crippen LogP contribution in [0.5, 0.6) is 0 Å². The Bertz CT molecular complexity index is 1300. The fraction of sp³-hybridized carbons (Fsp3) is 0.824. The smallest absolute Gasteiger partial charge is 0.337 e. The van der Waals surface area contributed by atoms with Crippen LogP contribution in [-0.2, 0) is 38.1 Å². The van der Waals surface area contributed by atoms with Crippen molar-refractivity contribution in [3.8, 4) is 0 Å². The fourth-order valence-corrected chi connectivity index (χ4v) is 12.4. The van der Waals surface area contributed by atoms with E-state index in [0.717, 1.165) is 37.7 Å². The Kier molecular flexibility index (Phi) is 6.06. The van der Waals surface area contributed by atoms with Crippen molar-refractivity contribution >= 4 is 23.7 Å². The van der Waals surface area contributed by atoms with Gasteiger partial charge in [0.1, 0.15) is 30.2 Å². The van der Waals surface area contributed by atoms with Crippen LogP contribution in [0.15, 0.2) is 11.1 Å². The van der Waals surface area contributed by atoms with Gasteiger partial charge in [0.2, 0.25) is 0 Å². The van der Waals surface area contributed by atoms with E-state index < -0.39 is 17.0 Å². The predicted octanol–water partition coefficient (Wildman–Crippen LogP) is 4.96. The molecule has 2 aliphatic heterocycles. The number of rotatable bonds is 5. The third-order valence-corrected chi connectivity index (χ3v) is 14.0. The van der Waals surface area contributed by atoms with E-state index in [1.807, 2.05) is 13.8 Å². The van der Waals surface area contributed by atoms with Gasteiger partial charge in [-0.15, -0.1) is 0 Å². The van der Waals surface area contributed by atoms with Gasteiger partial charge in [0.05, 0.1) is 17.1 Å². The van der Waals surface area contributed by atoms with Crippen molar-refractivity contribution in [1.82, 2.24) is 0 Å². The number of esters is 3. The first-order valence-electron chi connectivity index (χ1n) is 16.2. The molecule has 0 radical (unpaired) electrons. The lowest BCUT2D eigenvalue weighted by Crippen LogP contribution is -2.61. The Morgan fingerprint density at radius 2 is 1.79 bits per heavy atom. The summed E-state index contributed by atoms with van der Waals surface area (Å²) in [7, 11) is 0. The average Bonchev–Trinajstić information content (AvgIpc) is 3.71. The molecule has 7 rings (SSSR count). The molecule has 0 N–H and O–H groups in total. The molecule has 2 heterocycles. The molecule has 5 aliphatic carbocycles. The number of hydrogen-bond donors (Lipinski definition) is 0. The lowest BCUT2D eigenvalue weighted by molar-refractivity contribution is -0.171. The summed E-state index contributed by atoms with van der Waals surface area (Å²) in [6.45, 7) is 13.7. The van der Waals surface area contributed by atoms with E-state index in [1.54, 1.807) is 0 Å². The summed E-state index contributed by atoms with van der Waals surface area (Å²) in [5.41, 5.74) is 0.236. The minimum Gasteiger partial charge on any atom is -0.461 e. The monoisotopic (exact) mass is 582 g/mol. The van der Waals surface area contributed by atoms with Crippen LogP contribution in [0.2, 0.25) is 0 Å². The SMILES string of the molecule is CC(=O)OCC1=C(C)CC(C(C)C2CCC3C4CC5OC56C(OC(C)=O)C(C)CC(=O)C65C(C)C45CCC23C)OC1=O. The predicted molar refractivity (Wildman–Crippen MR) is 151 cm³/mol. The summed E-state index contributed by atoms with van der Waals surface area (Å²) in [5, 5.41) is 0. The average molecular weight is 583 g/mol. The summed E-state index contributed by atoms with van der Waals surface area (Å²) < 4.78 is 23.7. The molecular formula is C34H46O8. The van der Waals surface area contributed by atoms with Gasteiger partial charge >= 0.3 is 17.9 Å². The third-order valence-electron chi connectivity index (χ3n) is 14.0. The van der Waals surface area contributed by atoms with Crippen LogP contribution < -0.4 is 0 Å². The minimum atomic E-state index is -0.646. The Morgan fingerprint density at radius 1 is 1.05 bits per heavy atom. The quantitative estimate of drug-likeness (QED) is 0.254. The van der Waals surface area contributed by atoms with Crippen LogP contribution in [0.25, 0.3) is 0 Å². The van der Waals surface area contributed by atoms with E-state index in [0.29, 0.717) is 42.0 Å². The van der Waals surface area contributed by atoms with E-state index in [9.17, 15) is 19.2 Å². The lowest BCUT2D eigenvalue weighted by atomic mass is 9.48. The van der Waals surface area contributed by atoms with E-state index in [1.165, 1.54) is 13.8 Å². The highest BCUT2D eigenvalue weighted by molar-refractivity contribution is 5.94. The van der Waals surface area contributed by atoms with Crippen molar-refractivity contribution in [2.75, 3.05) is 6.61 Å². The highest BCUT2D eigenvalue weighted by Gasteiger charge is 2.98. The molecule has 13 unspecified atom stereocenters. The second-order valence-corrected chi connectivity index (χ2v) is 15.3. The molecular weight excluding hydrogens is 536 g/mol. The van der Waals surface area contributed by atoms with Gasteiger partial charge in [-0.2, -0.15) is 0 Å². The Morgan fingerprint density at radius 3 is 2.45 bits per heavy atom. The van der Waals surface area contributed by atoms with Crippen molar-refractivity contribution in [3.63, 3.8) is 0 Å². The highest BCUT2D eigenvalue weighted by Crippen LogP contribution is 2.92. The highest BCUT2D eigenvalue weighted by atomic mass is 16.7. The van der Waals surface area contributed by atoms with E-state index in [-0.39, 0.29) is 65.4 Å². The van der Waals surface area contributed by atoms with Gasteiger partial charge in [-0.05, 0) is 79.4 Å². The molecule has 6 fully saturated rings. The van der Waals surface area contributed by atoms with Crippen LogP contribution >= 0.6 is 0 Å². The molecule has 42 heavy (non-hydrogen) atoms. The van der Waals surface area contributed by atoms with Gasteiger partial charge in [-0.1, -0.05) is 33.3 Å². The van der Waals surface area contributed by atoms with Crippen molar-refractivity contribution in [2.24, 2.45) is 51.8 Å². The van der Waals surface area contributed by atoms with E-state index in [4.69, 9.17) is 18.9 Å². The van der Waals surface area contributed by atoms with Crippen LogP contribution in [0.1, 0.15) is 93.4 Å². The summed E-state index contributed by atoms with van der Waals surface area (Å²) in [6.07, 6.45) is 5.72. The molecule has 13 atom stereocenters. The molecule has 0 amide bonds. The second kappa shape index (κ2) is 8.92. The number of epoxide rings is 1. The van der Waals surface area contributed by atoms with E-state index >= 15 is 0 Å². The lowest BCUT2D eigenvalue weighted by Gasteiger charge is -2.55. The number of ketones is 1. The maximum absolute atomic E-state index is 14.1. The zero-order valence-electron chi connectivity index (χ0n) is 26.1. The van der Waals surface area contributed by atoms with Gasteiger partial charge in [-0.3, -0.25) is 14.4 Å². The molecule has 0 aromatic carbocycles. The van der Waals surface area contributed by atoms with Gasteiger partial charge in [0, 0.05) is 32.6 Å². The van der Waals surface area contributed by atoms with Crippen molar-refractivity contribution in [3.05, 3.63) is 11.1 Å². The molecule has 0 aromatic heterocycles. The number of Topliss-reactive ketones (excluding diaryl/α,β-unsaturated/α-hetero) is 1. The first kappa shape index (κ1) is 28.5. The molecule has 1 saturated heterocycles. The molecule has 8 nitrogen and oxygen atoms in total. The molecule has 5 saturated carbocycles. The molecule has 0 aromatic rings. The standard InChI is InChI=1S/C34H46O8/c1-16-12-26(41-30(38)22(16)15-39-20(5)35)18(3)23-8-9-24-25-14-28-34(42-28)29(40-21(6)36)17(2)13-27(37)33(34)19(4)32(25,33)11-10-31(23,24)7/h17-19,23-26,28-29H,8-15H2,1-7H3. The largest absolute Gasteiger partial charge is 0.461 e. The number of ether oxygens (including phenoxy) is 4. The summed E-state index contributed by atoms with van der Waals surface area (Å²) in [4.78, 5) is 50.6. The molecule has 0 bridgehead atoms. The topological polar surface area (TPSA) is 108 Å². The first-order valence-corrected chi connectivity index (χ1v) is 16.2. The summed E-state index contributed by atoms with van der Waals surface area (Å²) >= 11 is 0. The van der Waals surface area contributed by atoms with Crippen molar-refractivity contribution in [1.29, 1.82) is 0 Å². The molecule has 3 spiro atoms. The zero-order valence-corrected chi connectivity index (χ0v) is 26.1. The fourth-order valence-electron chi connectivity index (χ4n) is 12.4. The second-order valence-electron chi connectivity index (χ2n) is 15.3. The molecule has 8 heteroatoms. The van der Waals surface area contributed by atoms with Crippen molar-refractivity contribution in [2.45, 2.75) is 117 Å². The molecule has 7 aliphatic rings. The van der Waals surface area contributed by atoms with Gasteiger partial charge in [0.25, 0.3) is 0 Å². The van der Waals surface area contributed by atoms with Gasteiger partial charge in [-0.25, -0.2) is 4.79 Å². The van der Waals surface area contributed by atoms with Gasteiger partial charge in [0.15, 0.2) is 0 Å². The third kappa shape index (κ3) is 3.23. The maximum Gasteiger partial charge on any atom is 0.337 e. The van der Waals surface area contributed by atoms with E-state index in [2.05, 4.69) is 20.8 Å². The number of carbonyl (C=O) groups excluding carboxylic acids is 4. The Balaban J connectivity index is 1.15. The Labute approximate surface area is 248 Å². The number of carbonyl (C=O) groups is 4. The minimum absolute atomic E-state index is 0.0295. The summed E-state index contributed by atoms with van der Waals surface area (Å²) in [6, 6.07) is 0. The van der Waals surface area contributed by atoms with Crippen LogP contribution in [0.3, 0.4) is 0 Å². The first-order chi connectivity index (χ1) is 19.8. The number of hydrogen-bond acceptors (Lipinski definition) is 8. The van der Waals surface area contributed by atoms with Crippen LogP contribution in [0, 0.1) is 51.8 Å². The van der Waals surface area contributed by atoms with Crippen LogP contribution in [-0.4, -0.2) is 54.2 Å². The molecule has 230 valence electrons. The van der Waals surface area contributed by atoms with Crippen molar-refractivity contribution < 1.29 is 38.1 Å². The maximum atomic E-state index is 14.1. The van der Waals surface area contributed by atoms with Gasteiger partial charge < -0.3 is 18.9 Å². The normalized spacial score (nSPS) is 50.7. The Hall–Kier alpha value is -2.22. The number of cyclic esters (lactones) is 1. The zero-order chi connectivity index (χ0) is 30.1. The summed E-state index contributed by atoms with van der Waals surface area (Å²) in [5.74, 6) is 0.961. The number of fused-ring (bicyclic) bond motifs is 2. The van der Waals surface area contributed by atoms with Crippen LogP contribution in [0.4, 0.5) is 0 Å².